The van der Waals surface area contributed by atoms with Crippen molar-refractivity contribution in [3.05, 3.63) is 87.9 Å². The number of carbonyl (C=O) groups is 5. The van der Waals surface area contributed by atoms with Crippen molar-refractivity contribution in [1.29, 1.82) is 5.26 Å². The summed E-state index contributed by atoms with van der Waals surface area (Å²) in [6.07, 6.45) is 1.66. The van der Waals surface area contributed by atoms with E-state index in [2.05, 4.69) is 54.2 Å². The third-order valence-corrected chi connectivity index (χ3v) is 13.3. The van der Waals surface area contributed by atoms with Gasteiger partial charge in [0.15, 0.2) is 0 Å². The minimum Gasteiger partial charge on any atom is -0.492 e. The van der Waals surface area contributed by atoms with Gasteiger partial charge in [0.2, 0.25) is 11.8 Å². The lowest BCUT2D eigenvalue weighted by Gasteiger charge is -2.63. The monoisotopic (exact) mass is 836 g/mol. The van der Waals surface area contributed by atoms with Gasteiger partial charge in [-0.3, -0.25) is 39.1 Å². The molecule has 3 aromatic carbocycles. The van der Waals surface area contributed by atoms with Gasteiger partial charge >= 0.3 is 0 Å². The van der Waals surface area contributed by atoms with Gasteiger partial charge in [-0.15, -0.1) is 0 Å². The molecular formula is C45H49ClN6O8. The number of halogens is 1. The summed E-state index contributed by atoms with van der Waals surface area (Å²) in [5.41, 5.74) is 1.42. The molecule has 5 aliphatic rings. The third kappa shape index (κ3) is 7.59. The zero-order valence-electron chi connectivity index (χ0n) is 34.2. The van der Waals surface area contributed by atoms with E-state index in [0.29, 0.717) is 47.4 Å². The van der Waals surface area contributed by atoms with Crippen molar-refractivity contribution in [2.75, 3.05) is 50.8 Å². The van der Waals surface area contributed by atoms with Gasteiger partial charge in [-0.1, -0.05) is 39.3 Å². The van der Waals surface area contributed by atoms with E-state index in [1.807, 2.05) is 24.3 Å². The van der Waals surface area contributed by atoms with Gasteiger partial charge in [0.05, 0.1) is 33.9 Å². The van der Waals surface area contributed by atoms with Gasteiger partial charge in [-0.25, -0.2) is 0 Å². The van der Waals surface area contributed by atoms with Gasteiger partial charge in [-0.05, 0) is 73.9 Å². The van der Waals surface area contributed by atoms with Crippen molar-refractivity contribution >= 4 is 46.8 Å². The highest BCUT2D eigenvalue weighted by molar-refractivity contribution is 6.31. The Morgan fingerprint density at radius 3 is 2.32 bits per heavy atom. The van der Waals surface area contributed by atoms with Crippen molar-refractivity contribution < 1.29 is 38.2 Å². The molecular weight excluding hydrogens is 788 g/mol. The fourth-order valence-electron chi connectivity index (χ4n) is 10.1. The van der Waals surface area contributed by atoms with Crippen molar-refractivity contribution in [1.82, 2.24) is 20.4 Å². The van der Waals surface area contributed by atoms with Crippen LogP contribution in [0.1, 0.15) is 90.0 Å². The standard InChI is InChI=1S/C45H49ClN6O8/c1-43(2)41(44(3,4)42(43)60-31-10-7-28(25-47)34(46)24-31)49-37(54)27-5-8-29(9-6-27)51-17-15-45(16-18-51)26-50(20-22-59-45)19-21-58-30-11-12-32-33(23-30)40(57)52(39(32)56)35-13-14-36(53)48-38(35)55/h5-12,23-24,35,41-42H,13-22,26H2,1-4H3,(H,49,54)(H,48,53,55). The van der Waals surface area contributed by atoms with E-state index in [-0.39, 0.29) is 58.5 Å². The Kier molecular flexibility index (Phi) is 10.9. The lowest BCUT2D eigenvalue weighted by molar-refractivity contribution is -0.164. The van der Waals surface area contributed by atoms with Crippen LogP contribution in [-0.2, 0) is 14.3 Å². The zero-order valence-corrected chi connectivity index (χ0v) is 35.0. The van der Waals surface area contributed by atoms with Crippen LogP contribution in [-0.4, -0.2) is 109 Å². The molecule has 314 valence electrons. The first-order valence-corrected chi connectivity index (χ1v) is 20.8. The van der Waals surface area contributed by atoms with E-state index in [1.54, 1.807) is 36.4 Å². The summed E-state index contributed by atoms with van der Waals surface area (Å²) in [6.45, 7) is 13.1. The van der Waals surface area contributed by atoms with Crippen LogP contribution >= 0.6 is 11.6 Å². The molecule has 2 N–H and O–H groups in total. The Morgan fingerprint density at radius 1 is 0.933 bits per heavy atom. The number of carbonyl (C=O) groups excluding carboxylic acids is 5. The molecule has 4 aliphatic heterocycles. The first kappa shape index (κ1) is 41.3. The lowest BCUT2D eigenvalue weighted by atomic mass is 9.49. The second-order valence-corrected chi connectivity index (χ2v) is 18.1. The molecule has 8 rings (SSSR count). The van der Waals surface area contributed by atoms with Crippen molar-refractivity contribution in [2.45, 2.75) is 77.2 Å². The van der Waals surface area contributed by atoms with Crippen LogP contribution in [0.2, 0.25) is 5.02 Å². The summed E-state index contributed by atoms with van der Waals surface area (Å²) in [5, 5.41) is 15.1. The number of nitrogens with one attached hydrogen (secondary N) is 2. The molecule has 1 aliphatic carbocycles. The number of piperidine rings is 2. The molecule has 1 unspecified atom stereocenters. The molecule has 4 heterocycles. The number of hydrogen-bond donors (Lipinski definition) is 2. The number of nitrogens with zero attached hydrogens (tertiary/aromatic N) is 4. The van der Waals surface area contributed by atoms with Crippen molar-refractivity contribution in [3.63, 3.8) is 0 Å². The molecule has 0 bridgehead atoms. The number of amides is 5. The molecule has 15 heteroatoms. The number of imide groups is 2. The summed E-state index contributed by atoms with van der Waals surface area (Å²) in [5.74, 6) is -1.26. The molecule has 0 radical (unpaired) electrons. The van der Waals surface area contributed by atoms with E-state index < -0.39 is 29.7 Å². The third-order valence-electron chi connectivity index (χ3n) is 13.0. The van der Waals surface area contributed by atoms with Crippen molar-refractivity contribution in [2.24, 2.45) is 10.8 Å². The minimum atomic E-state index is -1.02. The number of rotatable bonds is 10. The normalized spacial score (nSPS) is 24.3. The average molecular weight is 837 g/mol. The summed E-state index contributed by atoms with van der Waals surface area (Å²) < 4.78 is 18.9. The van der Waals surface area contributed by atoms with Crippen LogP contribution in [0.15, 0.2) is 60.7 Å². The number of ether oxygens (including phenoxy) is 3. The number of benzene rings is 3. The Hall–Kier alpha value is -5.49. The van der Waals surface area contributed by atoms with Crippen LogP contribution in [0, 0.1) is 22.2 Å². The van der Waals surface area contributed by atoms with Gasteiger partial charge in [-0.2, -0.15) is 5.26 Å². The quantitative estimate of drug-likeness (QED) is 0.264. The summed E-state index contributed by atoms with van der Waals surface area (Å²) >= 11 is 6.25. The van der Waals surface area contributed by atoms with Crippen LogP contribution in [0.4, 0.5) is 5.69 Å². The highest BCUT2D eigenvalue weighted by atomic mass is 35.5. The molecule has 3 saturated heterocycles. The molecule has 0 aromatic heterocycles. The van der Waals surface area contributed by atoms with Crippen LogP contribution < -0.4 is 25.0 Å². The molecule has 3 aromatic rings. The first-order valence-electron chi connectivity index (χ1n) is 20.5. The Bertz CT molecular complexity index is 2270. The summed E-state index contributed by atoms with van der Waals surface area (Å²) in [4.78, 5) is 69.4. The van der Waals surface area contributed by atoms with Crippen LogP contribution in [0.5, 0.6) is 11.5 Å². The summed E-state index contributed by atoms with van der Waals surface area (Å²) in [7, 11) is 0. The fraction of sp³-hybridized carbons (Fsp3) is 0.467. The summed E-state index contributed by atoms with van der Waals surface area (Å²) in [6, 6.07) is 18.5. The molecule has 4 fully saturated rings. The highest BCUT2D eigenvalue weighted by Gasteiger charge is 2.64. The van der Waals surface area contributed by atoms with E-state index in [1.165, 1.54) is 0 Å². The van der Waals surface area contributed by atoms with Gasteiger partial charge < -0.3 is 24.4 Å². The fourth-order valence-corrected chi connectivity index (χ4v) is 10.3. The maximum absolute atomic E-state index is 13.5. The highest BCUT2D eigenvalue weighted by Crippen LogP contribution is 2.55. The van der Waals surface area contributed by atoms with Gasteiger partial charge in [0, 0.05) is 73.3 Å². The Morgan fingerprint density at radius 2 is 1.63 bits per heavy atom. The molecule has 60 heavy (non-hydrogen) atoms. The number of anilines is 1. The molecule has 1 spiro atoms. The van der Waals surface area contributed by atoms with Crippen LogP contribution in [0.25, 0.3) is 0 Å². The van der Waals surface area contributed by atoms with E-state index in [9.17, 15) is 29.2 Å². The number of nitriles is 1. The number of hydrogen-bond acceptors (Lipinski definition) is 11. The first-order chi connectivity index (χ1) is 28.6. The van der Waals surface area contributed by atoms with Gasteiger partial charge in [0.25, 0.3) is 17.7 Å². The number of fused-ring (bicyclic) bond motifs is 1. The topological polar surface area (TPSA) is 171 Å². The smallest absolute Gasteiger partial charge is 0.262 e. The Labute approximate surface area is 354 Å². The predicted molar refractivity (Wildman–Crippen MR) is 221 cm³/mol. The van der Waals surface area contributed by atoms with Crippen molar-refractivity contribution in [3.8, 4) is 17.6 Å². The second-order valence-electron chi connectivity index (χ2n) is 17.6. The minimum absolute atomic E-state index is 0.0632. The Balaban J connectivity index is 0.804. The van der Waals surface area contributed by atoms with Crippen LogP contribution in [0.3, 0.4) is 0 Å². The van der Waals surface area contributed by atoms with Gasteiger partial charge in [0.1, 0.15) is 36.3 Å². The SMILES string of the molecule is CC1(C)C(NC(=O)c2ccc(N3CCC4(CC3)CN(CCOc3ccc5c(c3)C(=O)N(C3CCC(=O)NC3=O)C5=O)CCO4)cc2)C(C)(C)C1Oc1ccc(C#N)c(Cl)c1. The zero-order chi connectivity index (χ0) is 42.6. The largest absolute Gasteiger partial charge is 0.492 e. The molecule has 14 nitrogen and oxygen atoms in total. The van der Waals surface area contributed by atoms with E-state index in [0.717, 1.165) is 49.6 Å². The average Bonchev–Trinajstić information content (AvgIpc) is 3.47. The molecule has 5 amide bonds. The van der Waals surface area contributed by atoms with E-state index in [4.69, 9.17) is 25.8 Å². The number of morpholine rings is 1. The van der Waals surface area contributed by atoms with E-state index >= 15 is 0 Å². The maximum Gasteiger partial charge on any atom is 0.262 e. The predicted octanol–water partition coefficient (Wildman–Crippen LogP) is 4.98. The lowest BCUT2D eigenvalue weighted by Crippen LogP contribution is -2.74. The maximum atomic E-state index is 13.5. The molecule has 1 saturated carbocycles. The second kappa shape index (κ2) is 15.8. The molecule has 1 atom stereocenters.